The molecule has 0 bridgehead atoms. The Morgan fingerprint density at radius 2 is 1.91 bits per heavy atom. The van der Waals surface area contributed by atoms with Gasteiger partial charge in [0.2, 0.25) is 0 Å². The molecule has 0 unspecified atom stereocenters. The number of hydrogen-bond donors (Lipinski definition) is 2. The summed E-state index contributed by atoms with van der Waals surface area (Å²) in [5, 5.41) is 4.77. The number of nitrogens with zero attached hydrogens (tertiary/aromatic N) is 2. The predicted octanol–water partition coefficient (Wildman–Crippen LogP) is 4.72. The van der Waals surface area contributed by atoms with Crippen LogP contribution in [0.1, 0.15) is 35.8 Å². The van der Waals surface area contributed by atoms with Crippen LogP contribution in [0.4, 0.5) is 5.69 Å². The summed E-state index contributed by atoms with van der Waals surface area (Å²) in [6.45, 7) is 7.81. The summed E-state index contributed by atoms with van der Waals surface area (Å²) in [6, 6.07) is 14.0. The third kappa shape index (κ3) is 5.63. The maximum atomic E-state index is 12.4. The Morgan fingerprint density at radius 3 is 2.64 bits per heavy atom. The number of aromatic nitrogens is 1. The standard InChI is InChI=1S/C26H33ClN4O2/c1-3-19-16-21(27)25(33-2)24(17-19)31-14-12-30(13-15-31)11-7-6-10-28-26(32)23-18-20-8-4-5-9-22(20)29-23/h4-5,8-9,16-18,29H,3,6-7,10-15H2,1-2H3,(H,28,32). The van der Waals surface area contributed by atoms with E-state index in [0.29, 0.717) is 17.3 Å². The number of anilines is 1. The first kappa shape index (κ1) is 23.5. The summed E-state index contributed by atoms with van der Waals surface area (Å²) >= 11 is 6.45. The predicted molar refractivity (Wildman–Crippen MR) is 136 cm³/mol. The largest absolute Gasteiger partial charge is 0.493 e. The van der Waals surface area contributed by atoms with Crippen molar-refractivity contribution in [2.24, 2.45) is 0 Å². The van der Waals surface area contributed by atoms with Gasteiger partial charge in [0.1, 0.15) is 5.69 Å². The van der Waals surface area contributed by atoms with E-state index >= 15 is 0 Å². The van der Waals surface area contributed by atoms with Crippen LogP contribution in [0.2, 0.25) is 5.02 Å². The molecule has 33 heavy (non-hydrogen) atoms. The molecule has 176 valence electrons. The lowest BCUT2D eigenvalue weighted by atomic mass is 10.1. The van der Waals surface area contributed by atoms with Crippen molar-refractivity contribution in [3.05, 3.63) is 58.7 Å². The van der Waals surface area contributed by atoms with Gasteiger partial charge in [-0.05, 0) is 55.6 Å². The number of amides is 1. The van der Waals surface area contributed by atoms with Crippen molar-refractivity contribution in [2.75, 3.05) is 51.3 Å². The van der Waals surface area contributed by atoms with Crippen molar-refractivity contribution in [3.8, 4) is 5.75 Å². The van der Waals surface area contributed by atoms with Gasteiger partial charge in [-0.3, -0.25) is 9.69 Å². The molecule has 0 aliphatic carbocycles. The first-order valence-corrected chi connectivity index (χ1v) is 12.2. The zero-order valence-electron chi connectivity index (χ0n) is 19.5. The molecule has 0 saturated carbocycles. The maximum absolute atomic E-state index is 12.4. The van der Waals surface area contributed by atoms with Crippen LogP contribution in [0.5, 0.6) is 5.75 Å². The molecule has 0 atom stereocenters. The summed E-state index contributed by atoms with van der Waals surface area (Å²) in [5.41, 5.74) is 3.94. The van der Waals surface area contributed by atoms with Crippen molar-refractivity contribution in [1.29, 1.82) is 0 Å². The fraction of sp³-hybridized carbons (Fsp3) is 0.423. The number of piperazine rings is 1. The lowest BCUT2D eigenvalue weighted by Gasteiger charge is -2.37. The van der Waals surface area contributed by atoms with Gasteiger partial charge in [0.15, 0.2) is 5.75 Å². The molecule has 1 aliphatic heterocycles. The van der Waals surface area contributed by atoms with E-state index in [4.69, 9.17) is 16.3 Å². The van der Waals surface area contributed by atoms with E-state index in [0.717, 1.165) is 74.3 Å². The molecule has 7 heteroatoms. The van der Waals surface area contributed by atoms with Gasteiger partial charge in [-0.1, -0.05) is 36.7 Å². The van der Waals surface area contributed by atoms with Gasteiger partial charge in [0.25, 0.3) is 5.91 Å². The Kier molecular flexibility index (Phi) is 7.78. The van der Waals surface area contributed by atoms with E-state index in [1.165, 1.54) is 5.56 Å². The highest BCUT2D eigenvalue weighted by molar-refractivity contribution is 6.32. The Bertz CT molecular complexity index is 1060. The van der Waals surface area contributed by atoms with E-state index in [-0.39, 0.29) is 5.91 Å². The van der Waals surface area contributed by atoms with Crippen LogP contribution in [0.15, 0.2) is 42.5 Å². The summed E-state index contributed by atoms with van der Waals surface area (Å²) in [7, 11) is 1.68. The Labute approximate surface area is 200 Å². The minimum atomic E-state index is -0.0401. The third-order valence-corrected chi connectivity index (χ3v) is 6.65. The molecule has 1 amide bonds. The number of ether oxygens (including phenoxy) is 1. The average Bonchev–Trinajstić information content (AvgIpc) is 3.28. The van der Waals surface area contributed by atoms with E-state index in [1.807, 2.05) is 36.4 Å². The highest BCUT2D eigenvalue weighted by Crippen LogP contribution is 2.37. The molecule has 0 spiro atoms. The normalized spacial score (nSPS) is 14.6. The van der Waals surface area contributed by atoms with Crippen LogP contribution in [0, 0.1) is 0 Å². The van der Waals surface area contributed by atoms with Gasteiger partial charge in [0, 0.05) is 43.6 Å². The number of para-hydroxylation sites is 1. The number of hydrogen-bond acceptors (Lipinski definition) is 4. The van der Waals surface area contributed by atoms with E-state index in [1.54, 1.807) is 7.11 Å². The zero-order valence-corrected chi connectivity index (χ0v) is 20.3. The molecule has 1 saturated heterocycles. The number of nitrogens with one attached hydrogen (secondary N) is 2. The molecule has 3 aromatic rings. The van der Waals surface area contributed by atoms with Crippen LogP contribution in [-0.4, -0.2) is 62.2 Å². The summed E-state index contributed by atoms with van der Waals surface area (Å²) < 4.78 is 5.59. The van der Waals surface area contributed by atoms with Crippen molar-refractivity contribution < 1.29 is 9.53 Å². The van der Waals surface area contributed by atoms with Crippen LogP contribution in [0.3, 0.4) is 0 Å². The number of methoxy groups -OCH3 is 1. The van der Waals surface area contributed by atoms with Gasteiger partial charge >= 0.3 is 0 Å². The SMILES string of the molecule is CCc1cc(Cl)c(OC)c(N2CCN(CCCCNC(=O)c3cc4ccccc4[nH]3)CC2)c1. The van der Waals surface area contributed by atoms with Crippen molar-refractivity contribution in [3.63, 3.8) is 0 Å². The van der Waals surface area contributed by atoms with Crippen molar-refractivity contribution in [2.45, 2.75) is 26.2 Å². The van der Waals surface area contributed by atoms with Gasteiger partial charge < -0.3 is 19.9 Å². The molecule has 0 radical (unpaired) electrons. The quantitative estimate of drug-likeness (QED) is 0.446. The second kappa shape index (κ2) is 10.9. The van der Waals surface area contributed by atoms with Gasteiger partial charge in [-0.2, -0.15) is 0 Å². The van der Waals surface area contributed by atoms with E-state index in [2.05, 4.69) is 33.1 Å². The zero-order chi connectivity index (χ0) is 23.2. The Balaban J connectivity index is 1.19. The summed E-state index contributed by atoms with van der Waals surface area (Å²) in [6.07, 6.45) is 2.98. The molecule has 1 aromatic heterocycles. The number of fused-ring (bicyclic) bond motifs is 1. The topological polar surface area (TPSA) is 60.6 Å². The molecule has 6 nitrogen and oxygen atoms in total. The van der Waals surface area contributed by atoms with Gasteiger partial charge in [-0.15, -0.1) is 0 Å². The van der Waals surface area contributed by atoms with Crippen molar-refractivity contribution in [1.82, 2.24) is 15.2 Å². The molecular weight excluding hydrogens is 436 g/mol. The molecular formula is C26H33ClN4O2. The van der Waals surface area contributed by atoms with Crippen LogP contribution < -0.4 is 15.0 Å². The molecule has 4 rings (SSSR count). The lowest BCUT2D eigenvalue weighted by molar-refractivity contribution is 0.0948. The van der Waals surface area contributed by atoms with Gasteiger partial charge in [0.05, 0.1) is 17.8 Å². The highest BCUT2D eigenvalue weighted by Gasteiger charge is 2.21. The van der Waals surface area contributed by atoms with Gasteiger partial charge in [-0.25, -0.2) is 0 Å². The number of benzene rings is 2. The molecule has 1 aliphatic rings. The fourth-order valence-corrected chi connectivity index (χ4v) is 4.75. The number of unbranched alkanes of at least 4 members (excludes halogenated alkanes) is 1. The van der Waals surface area contributed by atoms with Crippen LogP contribution in [0.25, 0.3) is 10.9 Å². The highest BCUT2D eigenvalue weighted by atomic mass is 35.5. The first-order valence-electron chi connectivity index (χ1n) is 11.8. The molecule has 2 aromatic carbocycles. The average molecular weight is 469 g/mol. The first-order chi connectivity index (χ1) is 16.1. The Hall–Kier alpha value is -2.70. The number of carbonyl (C=O) groups excluding carboxylic acids is 1. The van der Waals surface area contributed by atoms with E-state index < -0.39 is 0 Å². The fourth-order valence-electron chi connectivity index (χ4n) is 4.44. The maximum Gasteiger partial charge on any atom is 0.267 e. The Morgan fingerprint density at radius 1 is 1.12 bits per heavy atom. The molecule has 1 fully saturated rings. The minimum Gasteiger partial charge on any atom is -0.493 e. The molecule has 2 N–H and O–H groups in total. The second-order valence-electron chi connectivity index (χ2n) is 8.55. The van der Waals surface area contributed by atoms with Crippen LogP contribution >= 0.6 is 11.6 Å². The monoisotopic (exact) mass is 468 g/mol. The summed E-state index contributed by atoms with van der Waals surface area (Å²) in [5.74, 6) is 0.731. The number of carbonyl (C=O) groups is 1. The number of aromatic amines is 1. The number of H-pyrrole nitrogens is 1. The van der Waals surface area contributed by atoms with E-state index in [9.17, 15) is 4.79 Å². The third-order valence-electron chi connectivity index (χ3n) is 6.37. The summed E-state index contributed by atoms with van der Waals surface area (Å²) in [4.78, 5) is 20.4. The molecule has 2 heterocycles. The minimum absolute atomic E-state index is 0.0401. The number of halogens is 1. The number of rotatable bonds is 9. The van der Waals surface area contributed by atoms with Crippen LogP contribution in [-0.2, 0) is 6.42 Å². The number of aryl methyl sites for hydroxylation is 1. The van der Waals surface area contributed by atoms with Crippen molar-refractivity contribution >= 4 is 34.1 Å². The second-order valence-corrected chi connectivity index (χ2v) is 8.95. The lowest BCUT2D eigenvalue weighted by Crippen LogP contribution is -2.46. The smallest absolute Gasteiger partial charge is 0.267 e.